The normalized spacial score (nSPS) is 10.9. The minimum Gasteiger partial charge on any atom is -0.375 e. The smallest absolute Gasteiger partial charge is 0.227 e. The number of pyridine rings is 1. The van der Waals surface area contributed by atoms with Crippen LogP contribution < -0.4 is 5.73 Å². The SMILES string of the molecule is Cc1ccnc(-c2noc(CCCc3csc(N)n3)n2)c1. The van der Waals surface area contributed by atoms with Gasteiger partial charge in [0.25, 0.3) is 0 Å². The summed E-state index contributed by atoms with van der Waals surface area (Å²) >= 11 is 1.46. The van der Waals surface area contributed by atoms with E-state index >= 15 is 0 Å². The molecule has 0 aliphatic carbocycles. The molecule has 6 nitrogen and oxygen atoms in total. The number of aromatic nitrogens is 4. The predicted molar refractivity (Wildman–Crippen MR) is 80.8 cm³/mol. The van der Waals surface area contributed by atoms with Crippen LogP contribution in [0.1, 0.15) is 23.6 Å². The molecule has 0 spiro atoms. The fourth-order valence-electron chi connectivity index (χ4n) is 1.98. The highest BCUT2D eigenvalue weighted by molar-refractivity contribution is 7.13. The first-order valence-corrected chi connectivity index (χ1v) is 7.54. The first-order chi connectivity index (χ1) is 10.2. The molecular weight excluding hydrogens is 286 g/mol. The topological polar surface area (TPSA) is 90.7 Å². The number of hydrogen-bond acceptors (Lipinski definition) is 7. The van der Waals surface area contributed by atoms with Crippen LogP contribution in [0.4, 0.5) is 5.13 Å². The molecule has 0 saturated carbocycles. The van der Waals surface area contributed by atoms with Gasteiger partial charge in [0.05, 0.1) is 5.69 Å². The number of nitrogen functional groups attached to an aromatic ring is 1. The van der Waals surface area contributed by atoms with Crippen molar-refractivity contribution < 1.29 is 4.52 Å². The fraction of sp³-hybridized carbons (Fsp3) is 0.286. The van der Waals surface area contributed by atoms with Crippen molar-refractivity contribution >= 4 is 16.5 Å². The minimum absolute atomic E-state index is 0.534. The summed E-state index contributed by atoms with van der Waals surface area (Å²) in [5, 5.41) is 6.56. The molecule has 21 heavy (non-hydrogen) atoms. The zero-order valence-electron chi connectivity index (χ0n) is 11.6. The Balaban J connectivity index is 1.60. The number of aryl methyl sites for hydroxylation is 3. The lowest BCUT2D eigenvalue weighted by Gasteiger charge is -1.94. The molecule has 108 valence electrons. The van der Waals surface area contributed by atoms with Crippen LogP contribution in [0.2, 0.25) is 0 Å². The number of thiazole rings is 1. The zero-order chi connectivity index (χ0) is 14.7. The minimum atomic E-state index is 0.534. The van der Waals surface area contributed by atoms with E-state index in [0.29, 0.717) is 16.8 Å². The molecule has 3 aromatic heterocycles. The number of nitrogens with two attached hydrogens (primary N) is 1. The highest BCUT2D eigenvalue weighted by atomic mass is 32.1. The molecule has 0 saturated heterocycles. The maximum atomic E-state index is 5.60. The van der Waals surface area contributed by atoms with Gasteiger partial charge < -0.3 is 10.3 Å². The van der Waals surface area contributed by atoms with E-state index in [4.69, 9.17) is 10.3 Å². The van der Waals surface area contributed by atoms with Crippen molar-refractivity contribution in [3.05, 3.63) is 40.9 Å². The Hall–Kier alpha value is -2.28. The third-order valence-corrected chi connectivity index (χ3v) is 3.73. The van der Waals surface area contributed by atoms with E-state index in [9.17, 15) is 0 Å². The molecule has 0 aromatic carbocycles. The molecule has 3 rings (SSSR count). The number of rotatable bonds is 5. The molecule has 3 aromatic rings. The maximum absolute atomic E-state index is 5.60. The van der Waals surface area contributed by atoms with Crippen molar-refractivity contribution in [1.29, 1.82) is 0 Å². The second-order valence-corrected chi connectivity index (χ2v) is 5.65. The molecule has 0 fully saturated rings. The van der Waals surface area contributed by atoms with E-state index in [0.717, 1.165) is 36.2 Å². The molecule has 0 aliphatic heterocycles. The number of nitrogens with zero attached hydrogens (tertiary/aromatic N) is 4. The highest BCUT2D eigenvalue weighted by Crippen LogP contribution is 2.16. The Labute approximate surface area is 126 Å². The van der Waals surface area contributed by atoms with Crippen molar-refractivity contribution in [2.24, 2.45) is 0 Å². The van der Waals surface area contributed by atoms with Gasteiger partial charge in [-0.15, -0.1) is 11.3 Å². The maximum Gasteiger partial charge on any atom is 0.227 e. The lowest BCUT2D eigenvalue weighted by atomic mass is 10.2. The predicted octanol–water partition coefficient (Wildman–Crippen LogP) is 2.65. The lowest BCUT2D eigenvalue weighted by Crippen LogP contribution is -1.92. The van der Waals surface area contributed by atoms with E-state index in [1.807, 2.05) is 24.4 Å². The third-order valence-electron chi connectivity index (χ3n) is 3.01. The molecule has 0 aliphatic rings. The van der Waals surface area contributed by atoms with Gasteiger partial charge in [-0.2, -0.15) is 4.98 Å². The summed E-state index contributed by atoms with van der Waals surface area (Å²) in [4.78, 5) is 12.8. The number of anilines is 1. The first-order valence-electron chi connectivity index (χ1n) is 6.66. The Bertz CT molecular complexity index is 736. The van der Waals surface area contributed by atoms with Crippen LogP contribution in [-0.4, -0.2) is 20.1 Å². The van der Waals surface area contributed by atoms with Gasteiger partial charge in [-0.25, -0.2) is 4.98 Å². The standard InChI is InChI=1S/C14H15N5OS/c1-9-5-6-16-11(7-9)13-18-12(20-19-13)4-2-3-10-8-21-14(15)17-10/h5-8H,2-4H2,1H3,(H2,15,17). The van der Waals surface area contributed by atoms with Gasteiger partial charge in [-0.3, -0.25) is 4.98 Å². The Kier molecular flexibility index (Phi) is 3.92. The summed E-state index contributed by atoms with van der Waals surface area (Å²) in [5.74, 6) is 1.16. The third kappa shape index (κ3) is 3.43. The van der Waals surface area contributed by atoms with E-state index < -0.39 is 0 Å². The van der Waals surface area contributed by atoms with E-state index in [1.54, 1.807) is 6.20 Å². The van der Waals surface area contributed by atoms with E-state index in [-0.39, 0.29) is 0 Å². The zero-order valence-corrected chi connectivity index (χ0v) is 12.4. The lowest BCUT2D eigenvalue weighted by molar-refractivity contribution is 0.376. The quantitative estimate of drug-likeness (QED) is 0.779. The molecule has 7 heteroatoms. The van der Waals surface area contributed by atoms with Crippen LogP contribution in [0.3, 0.4) is 0 Å². The molecule has 3 heterocycles. The van der Waals surface area contributed by atoms with Crippen molar-refractivity contribution in [3.8, 4) is 11.5 Å². The summed E-state index contributed by atoms with van der Waals surface area (Å²) in [6, 6.07) is 3.87. The second kappa shape index (κ2) is 6.01. The molecule has 0 amide bonds. The summed E-state index contributed by atoms with van der Waals surface area (Å²) in [6.07, 6.45) is 4.21. The Morgan fingerprint density at radius 2 is 2.19 bits per heavy atom. The summed E-state index contributed by atoms with van der Waals surface area (Å²) in [5.41, 5.74) is 8.46. The van der Waals surface area contributed by atoms with Gasteiger partial charge in [0.1, 0.15) is 5.69 Å². The molecule has 0 atom stereocenters. The Morgan fingerprint density at radius 1 is 1.29 bits per heavy atom. The van der Waals surface area contributed by atoms with E-state index in [1.165, 1.54) is 11.3 Å². The van der Waals surface area contributed by atoms with Crippen molar-refractivity contribution in [3.63, 3.8) is 0 Å². The average Bonchev–Trinajstić information content (AvgIpc) is 3.08. The molecular formula is C14H15N5OS. The van der Waals surface area contributed by atoms with Gasteiger partial charge in [-0.05, 0) is 37.5 Å². The highest BCUT2D eigenvalue weighted by Gasteiger charge is 2.10. The number of hydrogen-bond donors (Lipinski definition) is 1. The average molecular weight is 301 g/mol. The Morgan fingerprint density at radius 3 is 2.95 bits per heavy atom. The van der Waals surface area contributed by atoms with Crippen LogP contribution >= 0.6 is 11.3 Å². The van der Waals surface area contributed by atoms with E-state index in [2.05, 4.69) is 20.1 Å². The first kappa shape index (κ1) is 13.7. The summed E-state index contributed by atoms with van der Waals surface area (Å²) in [7, 11) is 0. The van der Waals surface area contributed by atoms with Crippen molar-refractivity contribution in [2.75, 3.05) is 5.73 Å². The fourth-order valence-corrected chi connectivity index (χ4v) is 2.57. The van der Waals surface area contributed by atoms with Crippen LogP contribution in [0.15, 0.2) is 28.2 Å². The largest absolute Gasteiger partial charge is 0.375 e. The van der Waals surface area contributed by atoms with Gasteiger partial charge in [-0.1, -0.05) is 5.16 Å². The van der Waals surface area contributed by atoms with Crippen LogP contribution in [0.5, 0.6) is 0 Å². The van der Waals surface area contributed by atoms with Gasteiger partial charge in [0, 0.05) is 18.0 Å². The molecule has 0 bridgehead atoms. The van der Waals surface area contributed by atoms with Crippen LogP contribution in [-0.2, 0) is 12.8 Å². The van der Waals surface area contributed by atoms with Crippen molar-refractivity contribution in [2.45, 2.75) is 26.2 Å². The molecule has 0 unspecified atom stereocenters. The van der Waals surface area contributed by atoms with Gasteiger partial charge >= 0.3 is 0 Å². The van der Waals surface area contributed by atoms with Gasteiger partial charge in [0.15, 0.2) is 5.13 Å². The summed E-state index contributed by atoms with van der Waals surface area (Å²) < 4.78 is 5.26. The van der Waals surface area contributed by atoms with Crippen LogP contribution in [0.25, 0.3) is 11.5 Å². The monoisotopic (exact) mass is 301 g/mol. The second-order valence-electron chi connectivity index (χ2n) is 4.76. The molecule has 2 N–H and O–H groups in total. The van der Waals surface area contributed by atoms with Crippen molar-refractivity contribution in [1.82, 2.24) is 20.1 Å². The van der Waals surface area contributed by atoms with Crippen LogP contribution in [0, 0.1) is 6.92 Å². The molecule has 0 radical (unpaired) electrons. The summed E-state index contributed by atoms with van der Waals surface area (Å²) in [6.45, 7) is 2.01. The van der Waals surface area contributed by atoms with Gasteiger partial charge in [0.2, 0.25) is 11.7 Å².